The Hall–Kier alpha value is -1.04. The second kappa shape index (κ2) is 1.97. The monoisotopic (exact) mass is 144 g/mol. The van der Waals surface area contributed by atoms with Gasteiger partial charge in [-0.25, -0.2) is 0 Å². The van der Waals surface area contributed by atoms with Crippen LogP contribution < -0.4 is 0 Å². The van der Waals surface area contributed by atoms with E-state index < -0.39 is 0 Å². The van der Waals surface area contributed by atoms with E-state index in [0.29, 0.717) is 5.41 Å². The zero-order valence-electron chi connectivity index (χ0n) is 6.80. The highest BCUT2D eigenvalue weighted by molar-refractivity contribution is 5.48. The Bertz CT molecular complexity index is 289. The molecule has 0 heterocycles. The first-order chi connectivity index (χ1) is 5.24. The smallest absolute Gasteiger partial charge is 0.0107 e. The molecule has 0 bridgehead atoms. The lowest BCUT2D eigenvalue weighted by molar-refractivity contribution is 0.784. The first-order valence-electron chi connectivity index (χ1n) is 3.98. The van der Waals surface area contributed by atoms with Gasteiger partial charge in [0, 0.05) is 5.41 Å². The quantitative estimate of drug-likeness (QED) is 0.530. The molecule has 2 rings (SSSR count). The maximum Gasteiger partial charge on any atom is 0.0107 e. The van der Waals surface area contributed by atoms with Gasteiger partial charge in [0.05, 0.1) is 0 Å². The maximum atomic E-state index is 3.74. The van der Waals surface area contributed by atoms with Crippen molar-refractivity contribution in [1.29, 1.82) is 0 Å². The average molecular weight is 144 g/mol. The lowest BCUT2D eigenvalue weighted by atomic mass is 10.1. The van der Waals surface area contributed by atoms with Crippen LogP contribution in [0.2, 0.25) is 0 Å². The summed E-state index contributed by atoms with van der Waals surface area (Å²) in [5.74, 6) is 0. The zero-order valence-corrected chi connectivity index (χ0v) is 6.80. The van der Waals surface area contributed by atoms with E-state index in [0.717, 1.165) is 0 Å². The Morgan fingerprint density at radius 3 is 3.09 bits per heavy atom. The minimum absolute atomic E-state index is 0.390. The molecular formula is C11H12. The fourth-order valence-corrected chi connectivity index (χ4v) is 1.44. The predicted molar refractivity (Wildman–Crippen MR) is 48.2 cm³/mol. The molecule has 0 N–H and O–H groups in total. The van der Waals surface area contributed by atoms with Crippen LogP contribution in [0.1, 0.15) is 13.3 Å². The number of hydrogen-bond donors (Lipinski definition) is 0. The number of rotatable bonds is 1. The van der Waals surface area contributed by atoms with E-state index in [2.05, 4.69) is 37.8 Å². The minimum atomic E-state index is 0.390. The average Bonchev–Trinajstić information content (AvgIpc) is 2.62. The van der Waals surface area contributed by atoms with Crippen molar-refractivity contribution >= 4 is 0 Å². The highest BCUT2D eigenvalue weighted by atomic mass is 14.4. The van der Waals surface area contributed by atoms with Gasteiger partial charge in [-0.15, -0.1) is 0 Å². The summed E-state index contributed by atoms with van der Waals surface area (Å²) >= 11 is 0. The topological polar surface area (TPSA) is 0 Å². The SMILES string of the molecule is C=CC1=CC=C2CC2(C)C=C1. The highest BCUT2D eigenvalue weighted by Crippen LogP contribution is 2.53. The second-order valence-corrected chi connectivity index (χ2v) is 3.49. The van der Waals surface area contributed by atoms with Crippen molar-refractivity contribution in [3.05, 3.63) is 48.1 Å². The normalized spacial score (nSPS) is 33.2. The van der Waals surface area contributed by atoms with Gasteiger partial charge in [-0.05, 0) is 12.0 Å². The molecule has 0 aromatic heterocycles. The van der Waals surface area contributed by atoms with Crippen LogP contribution >= 0.6 is 0 Å². The second-order valence-electron chi connectivity index (χ2n) is 3.49. The van der Waals surface area contributed by atoms with Gasteiger partial charge in [-0.2, -0.15) is 0 Å². The Labute approximate surface area is 67.6 Å². The number of fused-ring (bicyclic) bond motifs is 1. The molecule has 1 atom stereocenters. The lowest BCUT2D eigenvalue weighted by Crippen LogP contribution is -1.83. The van der Waals surface area contributed by atoms with E-state index in [4.69, 9.17) is 0 Å². The summed E-state index contributed by atoms with van der Waals surface area (Å²) in [5, 5.41) is 0. The van der Waals surface area contributed by atoms with Gasteiger partial charge in [0.15, 0.2) is 0 Å². The van der Waals surface area contributed by atoms with Crippen LogP contribution in [-0.2, 0) is 0 Å². The summed E-state index contributed by atoms with van der Waals surface area (Å²) in [6.07, 6.45) is 11.9. The summed E-state index contributed by atoms with van der Waals surface area (Å²) in [5.41, 5.74) is 3.15. The third-order valence-corrected chi connectivity index (χ3v) is 2.52. The third kappa shape index (κ3) is 0.988. The van der Waals surface area contributed by atoms with Gasteiger partial charge >= 0.3 is 0 Å². The molecule has 1 saturated carbocycles. The van der Waals surface area contributed by atoms with E-state index in [9.17, 15) is 0 Å². The van der Waals surface area contributed by atoms with Crippen LogP contribution in [0.25, 0.3) is 0 Å². The molecule has 11 heavy (non-hydrogen) atoms. The van der Waals surface area contributed by atoms with Crippen molar-refractivity contribution < 1.29 is 0 Å². The first-order valence-corrected chi connectivity index (χ1v) is 3.98. The van der Waals surface area contributed by atoms with E-state index in [1.807, 2.05) is 6.08 Å². The number of hydrogen-bond acceptors (Lipinski definition) is 0. The molecule has 1 unspecified atom stereocenters. The van der Waals surface area contributed by atoms with Crippen LogP contribution in [0.15, 0.2) is 48.1 Å². The Kier molecular flexibility index (Phi) is 1.19. The summed E-state index contributed by atoms with van der Waals surface area (Å²) in [7, 11) is 0. The first kappa shape index (κ1) is 6.66. The molecule has 0 spiro atoms. The molecule has 2 aliphatic rings. The molecule has 1 fully saturated rings. The van der Waals surface area contributed by atoms with Crippen LogP contribution in [0.3, 0.4) is 0 Å². The van der Waals surface area contributed by atoms with E-state index in [1.54, 1.807) is 5.57 Å². The number of allylic oxidation sites excluding steroid dienone is 7. The molecule has 0 aromatic carbocycles. The standard InChI is InChI=1S/C11H12/c1-3-9-4-5-10-8-11(10,2)7-6-9/h3-7H,1,8H2,2H3. The van der Waals surface area contributed by atoms with Crippen molar-refractivity contribution in [3.63, 3.8) is 0 Å². The highest BCUT2D eigenvalue weighted by Gasteiger charge is 2.41. The van der Waals surface area contributed by atoms with Gasteiger partial charge in [0.25, 0.3) is 0 Å². The maximum absolute atomic E-state index is 3.74. The lowest BCUT2D eigenvalue weighted by Gasteiger charge is -1.95. The van der Waals surface area contributed by atoms with Gasteiger partial charge in [0.1, 0.15) is 0 Å². The summed E-state index contributed by atoms with van der Waals surface area (Å²) < 4.78 is 0. The van der Waals surface area contributed by atoms with Gasteiger partial charge in [0.2, 0.25) is 0 Å². The van der Waals surface area contributed by atoms with E-state index in [1.165, 1.54) is 12.0 Å². The molecule has 56 valence electrons. The third-order valence-electron chi connectivity index (χ3n) is 2.52. The summed E-state index contributed by atoms with van der Waals surface area (Å²) in [6, 6.07) is 0. The molecule has 2 aliphatic carbocycles. The molecule has 0 radical (unpaired) electrons. The Morgan fingerprint density at radius 2 is 2.36 bits per heavy atom. The van der Waals surface area contributed by atoms with Crippen molar-refractivity contribution in [2.24, 2.45) is 5.41 Å². The van der Waals surface area contributed by atoms with Gasteiger partial charge < -0.3 is 0 Å². The van der Waals surface area contributed by atoms with Crippen LogP contribution in [0.4, 0.5) is 0 Å². The van der Waals surface area contributed by atoms with Crippen molar-refractivity contribution in [3.8, 4) is 0 Å². The fraction of sp³-hybridized carbons (Fsp3) is 0.273. The van der Waals surface area contributed by atoms with Crippen LogP contribution in [0, 0.1) is 5.41 Å². The van der Waals surface area contributed by atoms with Crippen LogP contribution in [-0.4, -0.2) is 0 Å². The van der Waals surface area contributed by atoms with Crippen molar-refractivity contribution in [1.82, 2.24) is 0 Å². The molecule has 0 nitrogen and oxygen atoms in total. The molecule has 0 heteroatoms. The molecule has 0 aromatic rings. The zero-order chi connectivity index (χ0) is 7.90. The minimum Gasteiger partial charge on any atom is -0.0985 e. The van der Waals surface area contributed by atoms with E-state index in [-0.39, 0.29) is 0 Å². The summed E-state index contributed by atoms with van der Waals surface area (Å²) in [4.78, 5) is 0. The largest absolute Gasteiger partial charge is 0.0985 e. The van der Waals surface area contributed by atoms with Crippen molar-refractivity contribution in [2.45, 2.75) is 13.3 Å². The Morgan fingerprint density at radius 1 is 1.55 bits per heavy atom. The fourth-order valence-electron chi connectivity index (χ4n) is 1.44. The Balaban J connectivity index is 2.36. The van der Waals surface area contributed by atoms with Gasteiger partial charge in [-0.1, -0.05) is 49.5 Å². The molecular weight excluding hydrogens is 132 g/mol. The van der Waals surface area contributed by atoms with Crippen molar-refractivity contribution in [2.75, 3.05) is 0 Å². The molecule has 0 aliphatic heterocycles. The predicted octanol–water partition coefficient (Wildman–Crippen LogP) is 3.01. The summed E-state index contributed by atoms with van der Waals surface area (Å²) in [6.45, 7) is 6.01. The molecule has 0 saturated heterocycles. The van der Waals surface area contributed by atoms with E-state index >= 15 is 0 Å². The van der Waals surface area contributed by atoms with Crippen LogP contribution in [0.5, 0.6) is 0 Å². The molecule has 0 amide bonds. The van der Waals surface area contributed by atoms with Gasteiger partial charge in [-0.3, -0.25) is 0 Å².